The second-order valence-corrected chi connectivity index (χ2v) is 5.39. The van der Waals surface area contributed by atoms with Crippen molar-refractivity contribution in [3.63, 3.8) is 0 Å². The molecule has 0 unspecified atom stereocenters. The Kier molecular flexibility index (Phi) is 4.26. The maximum atomic E-state index is 12.0. The first-order valence-electron chi connectivity index (χ1n) is 5.82. The molecule has 114 valence electrons. The quantitative estimate of drug-likeness (QED) is 0.495. The molecule has 10 heteroatoms. The molecule has 2 rings (SSSR count). The topological polar surface area (TPSA) is 84.3 Å². The van der Waals surface area contributed by atoms with Crippen LogP contribution in [0.1, 0.15) is 5.56 Å². The van der Waals surface area contributed by atoms with Crippen LogP contribution < -0.4 is 10.6 Å². The second kappa shape index (κ2) is 5.80. The van der Waals surface area contributed by atoms with Gasteiger partial charge in [0.1, 0.15) is 5.69 Å². The van der Waals surface area contributed by atoms with E-state index in [-0.39, 0.29) is 47.8 Å². The van der Waals surface area contributed by atoms with Gasteiger partial charge in [0.15, 0.2) is 0 Å². The van der Waals surface area contributed by atoms with Crippen molar-refractivity contribution >= 4 is 34.7 Å². The Labute approximate surface area is 121 Å². The third kappa shape index (κ3) is 4.00. The Balaban J connectivity index is 2.10. The number of nitrogens with one attached hydrogen (secondary N) is 2. The standard InChI is InChI=1S/C11H10F3N3O3S/c12-11(13,14)21-2-1-15-8-5-7-6(4-10(18)16-7)3-9(8)17(19)20/h3,5,15H,1-2,4H2,(H,16,18). The molecule has 0 atom stereocenters. The summed E-state index contributed by atoms with van der Waals surface area (Å²) < 4.78 is 36.0. The van der Waals surface area contributed by atoms with Gasteiger partial charge in [-0.2, -0.15) is 13.2 Å². The molecule has 0 aliphatic carbocycles. The van der Waals surface area contributed by atoms with Crippen molar-refractivity contribution in [1.29, 1.82) is 0 Å². The number of thioether (sulfide) groups is 1. The molecular formula is C11H10F3N3O3S. The Morgan fingerprint density at radius 3 is 2.76 bits per heavy atom. The molecule has 1 heterocycles. The Bertz CT molecular complexity index is 592. The number of anilines is 2. The zero-order chi connectivity index (χ0) is 15.6. The highest BCUT2D eigenvalue weighted by atomic mass is 32.2. The van der Waals surface area contributed by atoms with Gasteiger partial charge in [-0.3, -0.25) is 14.9 Å². The molecule has 6 nitrogen and oxygen atoms in total. The summed E-state index contributed by atoms with van der Waals surface area (Å²) in [4.78, 5) is 21.6. The van der Waals surface area contributed by atoms with Gasteiger partial charge in [0.05, 0.1) is 11.3 Å². The number of nitro groups is 1. The van der Waals surface area contributed by atoms with Gasteiger partial charge in [-0.25, -0.2) is 0 Å². The minimum Gasteiger partial charge on any atom is -0.379 e. The van der Waals surface area contributed by atoms with E-state index in [4.69, 9.17) is 0 Å². The SMILES string of the molecule is O=C1Cc2cc([N+](=O)[O-])c(NCCSC(F)(F)F)cc2N1. The highest BCUT2D eigenvalue weighted by Crippen LogP contribution is 2.35. The van der Waals surface area contributed by atoms with E-state index in [0.29, 0.717) is 11.3 Å². The minimum atomic E-state index is -4.33. The number of nitro benzene ring substituents is 1. The third-order valence-electron chi connectivity index (χ3n) is 2.73. The van der Waals surface area contributed by atoms with E-state index < -0.39 is 10.4 Å². The maximum Gasteiger partial charge on any atom is 0.441 e. The number of carbonyl (C=O) groups is 1. The number of amides is 1. The smallest absolute Gasteiger partial charge is 0.379 e. The third-order valence-corrected chi connectivity index (χ3v) is 3.46. The number of rotatable bonds is 5. The number of alkyl halides is 3. The molecule has 0 bridgehead atoms. The van der Waals surface area contributed by atoms with Gasteiger partial charge in [-0.05, 0) is 23.4 Å². The van der Waals surface area contributed by atoms with E-state index in [1.165, 1.54) is 12.1 Å². The van der Waals surface area contributed by atoms with Crippen LogP contribution in [0.4, 0.5) is 30.2 Å². The van der Waals surface area contributed by atoms with Crippen LogP contribution in [0, 0.1) is 10.1 Å². The molecule has 0 spiro atoms. The first kappa shape index (κ1) is 15.4. The van der Waals surface area contributed by atoms with Crippen LogP contribution in [-0.4, -0.2) is 28.6 Å². The van der Waals surface area contributed by atoms with Gasteiger partial charge in [0.2, 0.25) is 5.91 Å². The summed E-state index contributed by atoms with van der Waals surface area (Å²) in [6.45, 7) is -0.0856. The zero-order valence-corrected chi connectivity index (χ0v) is 11.3. The average molecular weight is 321 g/mol. The number of benzene rings is 1. The first-order valence-corrected chi connectivity index (χ1v) is 6.80. The maximum absolute atomic E-state index is 12.0. The average Bonchev–Trinajstić information content (AvgIpc) is 2.71. The summed E-state index contributed by atoms with van der Waals surface area (Å²) in [6.07, 6.45) is 0.0559. The van der Waals surface area contributed by atoms with Gasteiger partial charge >= 0.3 is 5.51 Å². The molecule has 0 saturated carbocycles. The fourth-order valence-corrected chi connectivity index (χ4v) is 2.34. The fourth-order valence-electron chi connectivity index (χ4n) is 1.91. The van der Waals surface area contributed by atoms with Gasteiger partial charge < -0.3 is 10.6 Å². The molecule has 0 fully saturated rings. The molecule has 2 N–H and O–H groups in total. The number of halogens is 3. The van der Waals surface area contributed by atoms with Crippen LogP contribution in [0.2, 0.25) is 0 Å². The summed E-state index contributed by atoms with van der Waals surface area (Å²) in [5, 5.41) is 16.1. The highest BCUT2D eigenvalue weighted by Gasteiger charge is 2.28. The molecular weight excluding hydrogens is 311 g/mol. The van der Waals surface area contributed by atoms with E-state index in [1.54, 1.807) is 0 Å². The Hall–Kier alpha value is -1.97. The van der Waals surface area contributed by atoms with Crippen molar-refractivity contribution < 1.29 is 22.9 Å². The number of nitrogens with zero attached hydrogens (tertiary/aromatic N) is 1. The Morgan fingerprint density at radius 1 is 1.43 bits per heavy atom. The molecule has 1 aliphatic rings. The highest BCUT2D eigenvalue weighted by molar-refractivity contribution is 8.00. The van der Waals surface area contributed by atoms with E-state index in [1.807, 2.05) is 0 Å². The van der Waals surface area contributed by atoms with Crippen molar-refractivity contribution in [2.24, 2.45) is 0 Å². The van der Waals surface area contributed by atoms with Crippen LogP contribution in [0.5, 0.6) is 0 Å². The largest absolute Gasteiger partial charge is 0.441 e. The van der Waals surface area contributed by atoms with Crippen LogP contribution in [0.15, 0.2) is 12.1 Å². The van der Waals surface area contributed by atoms with Crippen molar-refractivity contribution in [1.82, 2.24) is 0 Å². The second-order valence-electron chi connectivity index (χ2n) is 4.23. The lowest BCUT2D eigenvalue weighted by Crippen LogP contribution is -2.10. The molecule has 1 amide bonds. The zero-order valence-electron chi connectivity index (χ0n) is 10.5. The van der Waals surface area contributed by atoms with Gasteiger partial charge in [0, 0.05) is 24.1 Å². The predicted molar refractivity (Wildman–Crippen MR) is 72.4 cm³/mol. The molecule has 1 aromatic rings. The van der Waals surface area contributed by atoms with Crippen LogP contribution >= 0.6 is 11.8 Å². The van der Waals surface area contributed by atoms with Gasteiger partial charge in [0.25, 0.3) is 5.69 Å². The lowest BCUT2D eigenvalue weighted by Gasteiger charge is -2.10. The van der Waals surface area contributed by atoms with E-state index >= 15 is 0 Å². The molecule has 0 aromatic heterocycles. The normalized spacial score (nSPS) is 13.8. The van der Waals surface area contributed by atoms with Crippen molar-refractivity contribution in [3.8, 4) is 0 Å². The lowest BCUT2D eigenvalue weighted by molar-refractivity contribution is -0.384. The summed E-state index contributed by atoms with van der Waals surface area (Å²) in [5.74, 6) is -0.548. The lowest BCUT2D eigenvalue weighted by atomic mass is 10.1. The van der Waals surface area contributed by atoms with Gasteiger partial charge in [-0.15, -0.1) is 0 Å². The number of carbonyl (C=O) groups excluding carboxylic acids is 1. The summed E-state index contributed by atoms with van der Waals surface area (Å²) in [5.41, 5.74) is -3.57. The van der Waals surface area contributed by atoms with Crippen molar-refractivity contribution in [2.45, 2.75) is 11.9 Å². The van der Waals surface area contributed by atoms with Crippen LogP contribution in [0.3, 0.4) is 0 Å². The monoisotopic (exact) mass is 321 g/mol. The predicted octanol–water partition coefficient (Wildman–Crippen LogP) is 2.75. The Morgan fingerprint density at radius 2 is 2.14 bits per heavy atom. The number of fused-ring (bicyclic) bond motifs is 1. The minimum absolute atomic E-state index is 0.0559. The molecule has 0 radical (unpaired) electrons. The summed E-state index contributed by atoms with van der Waals surface area (Å²) in [7, 11) is 0. The summed E-state index contributed by atoms with van der Waals surface area (Å²) >= 11 is -0.209. The first-order chi connectivity index (χ1) is 9.76. The van der Waals surface area contributed by atoms with E-state index in [9.17, 15) is 28.1 Å². The van der Waals surface area contributed by atoms with E-state index in [2.05, 4.69) is 10.6 Å². The number of hydrogen-bond acceptors (Lipinski definition) is 5. The van der Waals surface area contributed by atoms with E-state index in [0.717, 1.165) is 0 Å². The molecule has 0 saturated heterocycles. The molecule has 1 aromatic carbocycles. The van der Waals surface area contributed by atoms with Crippen molar-refractivity contribution in [2.75, 3.05) is 22.9 Å². The molecule has 21 heavy (non-hydrogen) atoms. The van der Waals surface area contributed by atoms with Crippen molar-refractivity contribution in [3.05, 3.63) is 27.8 Å². The molecule has 1 aliphatic heterocycles. The summed E-state index contributed by atoms with van der Waals surface area (Å²) in [6, 6.07) is 2.63. The fraction of sp³-hybridized carbons (Fsp3) is 0.364. The number of hydrogen-bond donors (Lipinski definition) is 2. The van der Waals surface area contributed by atoms with Gasteiger partial charge in [-0.1, -0.05) is 0 Å². The van der Waals surface area contributed by atoms with Crippen LogP contribution in [-0.2, 0) is 11.2 Å². The van der Waals surface area contributed by atoms with Crippen LogP contribution in [0.25, 0.3) is 0 Å².